The van der Waals surface area contributed by atoms with Crippen LogP contribution in [-0.4, -0.2) is 25.9 Å². The van der Waals surface area contributed by atoms with Gasteiger partial charge in [0, 0.05) is 6.61 Å². The van der Waals surface area contributed by atoms with Crippen LogP contribution in [0.3, 0.4) is 0 Å². The van der Waals surface area contributed by atoms with Gasteiger partial charge in [-0.05, 0) is 87.0 Å². The van der Waals surface area contributed by atoms with Crippen molar-refractivity contribution in [3.05, 3.63) is 36.9 Å². The Kier molecular flexibility index (Phi) is 11.5. The normalized spacial score (nSPS) is 25.9. The van der Waals surface area contributed by atoms with Crippen molar-refractivity contribution in [1.29, 1.82) is 0 Å². The lowest BCUT2D eigenvalue weighted by atomic mass is 9.77. The van der Waals surface area contributed by atoms with Crippen molar-refractivity contribution in [2.75, 3.05) is 19.8 Å². The van der Waals surface area contributed by atoms with E-state index in [1.54, 1.807) is 0 Å². The van der Waals surface area contributed by atoms with Gasteiger partial charge < -0.3 is 14.2 Å². The molecule has 3 nitrogen and oxygen atoms in total. The molecule has 0 bridgehead atoms. The largest absolute Gasteiger partial charge is 0.494 e. The zero-order chi connectivity index (χ0) is 22.4. The molecule has 0 amide bonds. The van der Waals surface area contributed by atoms with E-state index in [9.17, 15) is 0 Å². The SMILES string of the molecule is C=CCCOc1ccc(OCCCCOC2CCC(CCC3CCC(C)CC3)CC2)cc1. The van der Waals surface area contributed by atoms with Gasteiger partial charge in [0.1, 0.15) is 11.5 Å². The lowest BCUT2D eigenvalue weighted by Crippen LogP contribution is -2.23. The number of hydrogen-bond donors (Lipinski definition) is 0. The van der Waals surface area contributed by atoms with Crippen LogP contribution in [0.2, 0.25) is 0 Å². The lowest BCUT2D eigenvalue weighted by molar-refractivity contribution is 0.0136. The van der Waals surface area contributed by atoms with E-state index in [-0.39, 0.29) is 0 Å². The van der Waals surface area contributed by atoms with Crippen molar-refractivity contribution in [1.82, 2.24) is 0 Å². The van der Waals surface area contributed by atoms with E-state index in [4.69, 9.17) is 14.2 Å². The molecule has 1 aromatic rings. The van der Waals surface area contributed by atoms with Crippen LogP contribution in [0.5, 0.6) is 11.5 Å². The second-order valence-electron chi connectivity index (χ2n) is 10.2. The molecule has 3 heteroatoms. The van der Waals surface area contributed by atoms with Crippen LogP contribution in [0, 0.1) is 17.8 Å². The number of ether oxygens (including phenoxy) is 3. The van der Waals surface area contributed by atoms with Crippen molar-refractivity contribution < 1.29 is 14.2 Å². The second-order valence-corrected chi connectivity index (χ2v) is 10.2. The summed E-state index contributed by atoms with van der Waals surface area (Å²) in [6.45, 7) is 8.41. The molecule has 2 aliphatic rings. The standard InChI is InChI=1S/C29H46O3/c1-3-4-21-30-28-17-19-29(20-18-28)32-23-6-5-22-31-27-15-13-26(14-16-27)12-11-25-9-7-24(2)8-10-25/h3,17-20,24-27H,1,4-16,21-23H2,2H3. The molecule has 0 aliphatic heterocycles. The molecule has 0 atom stereocenters. The molecule has 0 N–H and O–H groups in total. The zero-order valence-corrected chi connectivity index (χ0v) is 20.4. The molecule has 0 spiro atoms. The Morgan fingerprint density at radius 3 is 1.88 bits per heavy atom. The van der Waals surface area contributed by atoms with Crippen LogP contribution in [0.1, 0.15) is 90.4 Å². The van der Waals surface area contributed by atoms with E-state index in [1.165, 1.54) is 64.2 Å². The first kappa shape index (κ1) is 25.1. The molecular formula is C29H46O3. The third-order valence-corrected chi connectivity index (χ3v) is 7.49. The summed E-state index contributed by atoms with van der Waals surface area (Å²) < 4.78 is 17.6. The number of benzene rings is 1. The average molecular weight is 443 g/mol. The van der Waals surface area contributed by atoms with Gasteiger partial charge in [0.05, 0.1) is 19.3 Å². The van der Waals surface area contributed by atoms with Crippen LogP contribution >= 0.6 is 0 Å². The minimum atomic E-state index is 0.497. The first-order chi connectivity index (χ1) is 15.7. The fourth-order valence-corrected chi connectivity index (χ4v) is 5.21. The van der Waals surface area contributed by atoms with Gasteiger partial charge in [-0.15, -0.1) is 6.58 Å². The maximum Gasteiger partial charge on any atom is 0.119 e. The highest BCUT2D eigenvalue weighted by Crippen LogP contribution is 2.35. The molecule has 1 aromatic carbocycles. The monoisotopic (exact) mass is 442 g/mol. The number of hydrogen-bond acceptors (Lipinski definition) is 3. The molecule has 0 unspecified atom stereocenters. The fourth-order valence-electron chi connectivity index (χ4n) is 5.21. The van der Waals surface area contributed by atoms with Gasteiger partial charge in [-0.2, -0.15) is 0 Å². The Hall–Kier alpha value is -1.48. The van der Waals surface area contributed by atoms with Gasteiger partial charge in [0.15, 0.2) is 0 Å². The van der Waals surface area contributed by atoms with Gasteiger partial charge in [0.25, 0.3) is 0 Å². The van der Waals surface area contributed by atoms with Crippen molar-refractivity contribution in [3.8, 4) is 11.5 Å². The summed E-state index contributed by atoms with van der Waals surface area (Å²) in [5.41, 5.74) is 0. The topological polar surface area (TPSA) is 27.7 Å². The third-order valence-electron chi connectivity index (χ3n) is 7.49. The first-order valence-corrected chi connectivity index (χ1v) is 13.3. The Balaban J connectivity index is 1.16. The maximum absolute atomic E-state index is 6.17. The predicted molar refractivity (Wildman–Crippen MR) is 134 cm³/mol. The highest BCUT2D eigenvalue weighted by molar-refractivity contribution is 5.31. The van der Waals surface area contributed by atoms with Crippen molar-refractivity contribution >= 4 is 0 Å². The zero-order valence-electron chi connectivity index (χ0n) is 20.4. The highest BCUT2D eigenvalue weighted by Gasteiger charge is 2.24. The van der Waals surface area contributed by atoms with Gasteiger partial charge >= 0.3 is 0 Å². The summed E-state index contributed by atoms with van der Waals surface area (Å²) >= 11 is 0. The Bertz CT molecular complexity index is 610. The molecule has 0 aromatic heterocycles. The van der Waals surface area contributed by atoms with Crippen LogP contribution < -0.4 is 9.47 Å². The van der Waals surface area contributed by atoms with Crippen molar-refractivity contribution in [2.45, 2.75) is 96.5 Å². The summed E-state index contributed by atoms with van der Waals surface area (Å²) in [5, 5.41) is 0. The van der Waals surface area contributed by atoms with Crippen LogP contribution in [0.4, 0.5) is 0 Å². The smallest absolute Gasteiger partial charge is 0.119 e. The van der Waals surface area contributed by atoms with Gasteiger partial charge in [0.2, 0.25) is 0 Å². The molecule has 2 saturated carbocycles. The molecule has 2 fully saturated rings. The van der Waals surface area contributed by atoms with E-state index >= 15 is 0 Å². The summed E-state index contributed by atoms with van der Waals surface area (Å²) in [6.07, 6.45) is 19.5. The van der Waals surface area contributed by atoms with E-state index in [2.05, 4.69) is 13.5 Å². The van der Waals surface area contributed by atoms with Crippen LogP contribution in [0.15, 0.2) is 36.9 Å². The Labute approximate surface area is 196 Å². The fraction of sp³-hybridized carbons (Fsp3) is 0.724. The number of rotatable bonds is 14. The lowest BCUT2D eigenvalue weighted by Gasteiger charge is -2.31. The third kappa shape index (κ3) is 9.57. The van der Waals surface area contributed by atoms with Gasteiger partial charge in [-0.1, -0.05) is 51.5 Å². The summed E-state index contributed by atoms with van der Waals surface area (Å²) in [7, 11) is 0. The molecule has 3 rings (SSSR count). The van der Waals surface area contributed by atoms with Gasteiger partial charge in [-0.3, -0.25) is 0 Å². The maximum atomic E-state index is 6.17. The number of unbranched alkanes of at least 4 members (excludes halogenated alkanes) is 1. The summed E-state index contributed by atoms with van der Waals surface area (Å²) in [5.74, 6) is 4.75. The quantitative estimate of drug-likeness (QED) is 0.216. The molecular weight excluding hydrogens is 396 g/mol. The minimum Gasteiger partial charge on any atom is -0.494 e. The van der Waals surface area contributed by atoms with Crippen LogP contribution in [0.25, 0.3) is 0 Å². The Morgan fingerprint density at radius 2 is 1.28 bits per heavy atom. The molecule has 180 valence electrons. The van der Waals surface area contributed by atoms with Crippen molar-refractivity contribution in [2.24, 2.45) is 17.8 Å². The second kappa shape index (κ2) is 14.6. The van der Waals surface area contributed by atoms with E-state index in [1.807, 2.05) is 30.3 Å². The molecule has 0 radical (unpaired) electrons. The predicted octanol–water partition coefficient (Wildman–Crippen LogP) is 7.98. The first-order valence-electron chi connectivity index (χ1n) is 13.3. The minimum absolute atomic E-state index is 0.497. The molecule has 2 aliphatic carbocycles. The molecule has 0 saturated heterocycles. The van der Waals surface area contributed by atoms with E-state index < -0.39 is 0 Å². The summed E-state index contributed by atoms with van der Waals surface area (Å²) in [6, 6.07) is 7.89. The van der Waals surface area contributed by atoms with E-state index in [0.29, 0.717) is 12.7 Å². The van der Waals surface area contributed by atoms with E-state index in [0.717, 1.165) is 61.7 Å². The Morgan fingerprint density at radius 1 is 0.750 bits per heavy atom. The molecule has 32 heavy (non-hydrogen) atoms. The van der Waals surface area contributed by atoms with Crippen molar-refractivity contribution in [3.63, 3.8) is 0 Å². The van der Waals surface area contributed by atoms with Crippen LogP contribution in [-0.2, 0) is 4.74 Å². The highest BCUT2D eigenvalue weighted by atomic mass is 16.5. The average Bonchev–Trinajstić information content (AvgIpc) is 2.83. The summed E-state index contributed by atoms with van der Waals surface area (Å²) in [4.78, 5) is 0. The molecule has 0 heterocycles. The van der Waals surface area contributed by atoms with Gasteiger partial charge in [-0.25, -0.2) is 0 Å².